The van der Waals surface area contributed by atoms with Crippen molar-refractivity contribution in [1.29, 1.82) is 0 Å². The zero-order chi connectivity index (χ0) is 10.8. The Hall–Kier alpha value is -0.720. The normalized spacial score (nSPS) is 10.3. The third kappa shape index (κ3) is 2.64. The van der Waals surface area contributed by atoms with E-state index < -0.39 is 0 Å². The van der Waals surface area contributed by atoms with E-state index in [0.717, 1.165) is 15.3 Å². The second-order valence-electron chi connectivity index (χ2n) is 3.01. The largest absolute Gasteiger partial charge is 0.330 e. The summed E-state index contributed by atoms with van der Waals surface area (Å²) in [7, 11) is 0. The zero-order valence-electron chi connectivity index (χ0n) is 7.87. The number of benzene rings is 1. The summed E-state index contributed by atoms with van der Waals surface area (Å²) in [6.07, 6.45) is 0. The standard InChI is InChI=1S/C9H8BrN3S2/c1-5-4-6(2-3-7(5)10)11-8-12-13-9(14)15-8/h2-4H,1H3,(H,11,12)(H,13,14). The molecule has 2 rings (SSSR count). The number of hydrogen-bond donors (Lipinski definition) is 2. The number of aryl methyl sites for hydroxylation is 1. The first-order chi connectivity index (χ1) is 7.15. The Morgan fingerprint density at radius 2 is 2.33 bits per heavy atom. The van der Waals surface area contributed by atoms with E-state index in [1.54, 1.807) is 0 Å². The maximum Gasteiger partial charge on any atom is 0.208 e. The molecule has 0 aliphatic rings. The summed E-state index contributed by atoms with van der Waals surface area (Å²) in [5.41, 5.74) is 2.19. The molecule has 6 heteroatoms. The molecule has 0 saturated heterocycles. The number of nitrogens with one attached hydrogen (secondary N) is 2. The molecule has 0 spiro atoms. The minimum atomic E-state index is 0.673. The number of H-pyrrole nitrogens is 1. The quantitative estimate of drug-likeness (QED) is 0.823. The highest BCUT2D eigenvalue weighted by Crippen LogP contribution is 2.23. The van der Waals surface area contributed by atoms with E-state index in [1.807, 2.05) is 19.1 Å². The Labute approximate surface area is 105 Å². The van der Waals surface area contributed by atoms with Crippen LogP contribution in [0.5, 0.6) is 0 Å². The molecule has 1 heterocycles. The monoisotopic (exact) mass is 301 g/mol. The van der Waals surface area contributed by atoms with Gasteiger partial charge in [-0.2, -0.15) is 0 Å². The van der Waals surface area contributed by atoms with Gasteiger partial charge in [0.25, 0.3) is 0 Å². The van der Waals surface area contributed by atoms with Crippen LogP contribution >= 0.6 is 39.5 Å². The van der Waals surface area contributed by atoms with Gasteiger partial charge in [-0.05, 0) is 42.9 Å². The summed E-state index contributed by atoms with van der Waals surface area (Å²) in [6.45, 7) is 2.04. The summed E-state index contributed by atoms with van der Waals surface area (Å²) in [5.74, 6) is 0. The molecule has 0 fully saturated rings. The van der Waals surface area contributed by atoms with Gasteiger partial charge in [0.15, 0.2) is 3.95 Å². The van der Waals surface area contributed by atoms with Crippen molar-refractivity contribution in [3.63, 3.8) is 0 Å². The fourth-order valence-electron chi connectivity index (χ4n) is 1.13. The number of rotatable bonds is 2. The predicted molar refractivity (Wildman–Crippen MR) is 69.5 cm³/mol. The minimum absolute atomic E-state index is 0.673. The molecule has 0 aliphatic carbocycles. The van der Waals surface area contributed by atoms with Gasteiger partial charge < -0.3 is 5.32 Å². The van der Waals surface area contributed by atoms with Gasteiger partial charge >= 0.3 is 0 Å². The van der Waals surface area contributed by atoms with Crippen molar-refractivity contribution in [3.8, 4) is 0 Å². The molecule has 0 bridgehead atoms. The average molecular weight is 302 g/mol. The second kappa shape index (κ2) is 4.42. The van der Waals surface area contributed by atoms with Crippen molar-refractivity contribution in [2.75, 3.05) is 5.32 Å². The number of nitrogens with zero attached hydrogens (tertiary/aromatic N) is 1. The molecule has 0 unspecified atom stereocenters. The highest BCUT2D eigenvalue weighted by atomic mass is 79.9. The summed E-state index contributed by atoms with van der Waals surface area (Å²) >= 11 is 9.82. The predicted octanol–water partition coefficient (Wildman–Crippen LogP) is 4.02. The molecule has 1 aromatic carbocycles. The fourth-order valence-corrected chi connectivity index (χ4v) is 2.19. The molecule has 1 aromatic heterocycles. The second-order valence-corrected chi connectivity index (χ2v) is 5.53. The number of hydrogen-bond acceptors (Lipinski definition) is 4. The van der Waals surface area contributed by atoms with Crippen molar-refractivity contribution in [1.82, 2.24) is 10.2 Å². The fraction of sp³-hybridized carbons (Fsp3) is 0.111. The van der Waals surface area contributed by atoms with Gasteiger partial charge in [0.05, 0.1) is 0 Å². The van der Waals surface area contributed by atoms with Crippen molar-refractivity contribution >= 4 is 50.3 Å². The van der Waals surface area contributed by atoms with Gasteiger partial charge in [-0.25, -0.2) is 0 Å². The van der Waals surface area contributed by atoms with Gasteiger partial charge in [0.1, 0.15) is 0 Å². The smallest absolute Gasteiger partial charge is 0.208 e. The third-order valence-corrected chi connectivity index (χ3v) is 3.74. The Bertz CT molecular complexity index is 532. The van der Waals surface area contributed by atoms with Crippen LogP contribution in [0.25, 0.3) is 0 Å². The molecular formula is C9H8BrN3S2. The lowest BCUT2D eigenvalue weighted by atomic mass is 10.2. The average Bonchev–Trinajstić information content (AvgIpc) is 2.58. The summed E-state index contributed by atoms with van der Waals surface area (Å²) in [5, 5.41) is 10.7. The van der Waals surface area contributed by atoms with Gasteiger partial charge in [0.2, 0.25) is 5.13 Å². The number of aromatic nitrogens is 2. The molecule has 0 amide bonds. The Morgan fingerprint density at radius 3 is 2.93 bits per heavy atom. The number of anilines is 2. The van der Waals surface area contributed by atoms with Crippen molar-refractivity contribution in [3.05, 3.63) is 32.2 Å². The highest BCUT2D eigenvalue weighted by Gasteiger charge is 2.00. The molecule has 0 atom stereocenters. The van der Waals surface area contributed by atoms with Crippen LogP contribution in [0.3, 0.4) is 0 Å². The van der Waals surface area contributed by atoms with Crippen LogP contribution in [0.4, 0.5) is 10.8 Å². The summed E-state index contributed by atoms with van der Waals surface area (Å²) < 4.78 is 1.77. The Morgan fingerprint density at radius 1 is 1.53 bits per heavy atom. The van der Waals surface area contributed by atoms with Crippen LogP contribution in [-0.4, -0.2) is 10.2 Å². The van der Waals surface area contributed by atoms with Crippen LogP contribution < -0.4 is 5.32 Å². The van der Waals surface area contributed by atoms with Crippen LogP contribution in [0, 0.1) is 10.9 Å². The number of halogens is 1. The SMILES string of the molecule is Cc1cc(Nc2n[nH]c(=S)s2)ccc1Br. The van der Waals surface area contributed by atoms with Gasteiger partial charge in [-0.15, -0.1) is 5.10 Å². The minimum Gasteiger partial charge on any atom is -0.330 e. The summed E-state index contributed by atoms with van der Waals surface area (Å²) in [6, 6.07) is 6.04. The lowest BCUT2D eigenvalue weighted by Gasteiger charge is -2.04. The zero-order valence-corrected chi connectivity index (χ0v) is 11.1. The van der Waals surface area contributed by atoms with Crippen molar-refractivity contribution in [2.45, 2.75) is 6.92 Å². The van der Waals surface area contributed by atoms with Gasteiger partial charge in [-0.1, -0.05) is 27.3 Å². The maximum absolute atomic E-state index is 4.95. The summed E-state index contributed by atoms with van der Waals surface area (Å²) in [4.78, 5) is 0. The van der Waals surface area contributed by atoms with Crippen LogP contribution in [-0.2, 0) is 0 Å². The Balaban J connectivity index is 2.24. The van der Waals surface area contributed by atoms with Gasteiger partial charge in [-0.3, -0.25) is 5.10 Å². The lowest BCUT2D eigenvalue weighted by molar-refractivity contribution is 1.08. The molecule has 15 heavy (non-hydrogen) atoms. The van der Waals surface area contributed by atoms with E-state index in [0.29, 0.717) is 3.95 Å². The van der Waals surface area contributed by atoms with Crippen molar-refractivity contribution < 1.29 is 0 Å². The molecule has 78 valence electrons. The molecular weight excluding hydrogens is 294 g/mol. The molecule has 0 radical (unpaired) electrons. The molecule has 0 saturated carbocycles. The Kier molecular flexibility index (Phi) is 3.18. The first-order valence-corrected chi connectivity index (χ1v) is 6.25. The maximum atomic E-state index is 4.95. The van der Waals surface area contributed by atoms with E-state index >= 15 is 0 Å². The van der Waals surface area contributed by atoms with Gasteiger partial charge in [0, 0.05) is 10.2 Å². The van der Waals surface area contributed by atoms with E-state index in [1.165, 1.54) is 16.9 Å². The van der Waals surface area contributed by atoms with E-state index in [4.69, 9.17) is 12.2 Å². The molecule has 0 aliphatic heterocycles. The lowest BCUT2D eigenvalue weighted by Crippen LogP contribution is -1.90. The van der Waals surface area contributed by atoms with E-state index in [9.17, 15) is 0 Å². The topological polar surface area (TPSA) is 40.7 Å². The first kappa shape index (κ1) is 10.8. The molecule has 2 N–H and O–H groups in total. The van der Waals surface area contributed by atoms with E-state index in [-0.39, 0.29) is 0 Å². The number of aromatic amines is 1. The highest BCUT2D eigenvalue weighted by molar-refractivity contribution is 9.10. The van der Waals surface area contributed by atoms with Crippen LogP contribution in [0.2, 0.25) is 0 Å². The molecule has 3 nitrogen and oxygen atoms in total. The third-order valence-electron chi connectivity index (χ3n) is 1.85. The molecule has 2 aromatic rings. The van der Waals surface area contributed by atoms with Crippen LogP contribution in [0.1, 0.15) is 5.56 Å². The van der Waals surface area contributed by atoms with Crippen LogP contribution in [0.15, 0.2) is 22.7 Å². The van der Waals surface area contributed by atoms with Crippen molar-refractivity contribution in [2.24, 2.45) is 0 Å². The van der Waals surface area contributed by atoms with E-state index in [2.05, 4.69) is 37.5 Å². The first-order valence-electron chi connectivity index (χ1n) is 4.24.